The molecule has 3 rings (SSSR count). The molecule has 20 heavy (non-hydrogen) atoms. The molecule has 0 aliphatic carbocycles. The van der Waals surface area contributed by atoms with Gasteiger partial charge < -0.3 is 15.0 Å². The monoisotopic (exact) mass is 276 g/mol. The van der Waals surface area contributed by atoms with E-state index in [2.05, 4.69) is 44.4 Å². The van der Waals surface area contributed by atoms with Crippen molar-refractivity contribution >= 4 is 22.8 Å². The molecule has 1 aliphatic heterocycles. The van der Waals surface area contributed by atoms with Gasteiger partial charge in [-0.2, -0.15) is 15.1 Å². The Hall–Kier alpha value is -1.89. The number of hydrogen-bond acceptors (Lipinski definition) is 6. The maximum Gasteiger partial charge on any atom is 0.226 e. The fraction of sp³-hybridized carbons (Fsp3) is 0.615. The molecule has 2 aromatic heterocycles. The third-order valence-electron chi connectivity index (χ3n) is 3.79. The van der Waals surface area contributed by atoms with Crippen LogP contribution in [0.15, 0.2) is 6.20 Å². The number of aromatic amines is 1. The van der Waals surface area contributed by atoms with Crippen LogP contribution in [0.5, 0.6) is 0 Å². The van der Waals surface area contributed by atoms with Crippen molar-refractivity contribution in [3.05, 3.63) is 6.20 Å². The molecule has 2 aromatic rings. The zero-order valence-corrected chi connectivity index (χ0v) is 12.1. The largest absolute Gasteiger partial charge is 0.376 e. The van der Waals surface area contributed by atoms with E-state index in [9.17, 15) is 0 Å². The Bertz CT molecular complexity index is 598. The van der Waals surface area contributed by atoms with E-state index in [0.29, 0.717) is 12.0 Å². The lowest BCUT2D eigenvalue weighted by Crippen LogP contribution is -2.37. The Labute approximate surface area is 117 Å². The van der Waals surface area contributed by atoms with Crippen LogP contribution in [-0.4, -0.2) is 52.5 Å². The zero-order valence-electron chi connectivity index (χ0n) is 12.1. The van der Waals surface area contributed by atoms with Crippen LogP contribution in [0.1, 0.15) is 20.3 Å². The van der Waals surface area contributed by atoms with Gasteiger partial charge in [0, 0.05) is 20.2 Å². The zero-order chi connectivity index (χ0) is 14.1. The minimum Gasteiger partial charge on any atom is -0.376 e. The first-order valence-electron chi connectivity index (χ1n) is 7.00. The number of anilines is 2. The molecule has 1 fully saturated rings. The standard InChI is InChI=1S/C13H20N6O/c1-4-14-13-16-11-9(7-15-18-11)12(17-13)19(3)10-5-6-20-8(10)2/h7-8,10H,4-6H2,1-3H3,(H2,14,15,16,17,18). The molecule has 2 unspecified atom stereocenters. The number of nitrogens with zero attached hydrogens (tertiary/aromatic N) is 4. The Morgan fingerprint density at radius 3 is 3.05 bits per heavy atom. The van der Waals surface area contributed by atoms with Crippen LogP contribution < -0.4 is 10.2 Å². The number of H-pyrrole nitrogens is 1. The van der Waals surface area contributed by atoms with Crippen LogP contribution in [-0.2, 0) is 4.74 Å². The molecule has 2 atom stereocenters. The summed E-state index contributed by atoms with van der Waals surface area (Å²) in [6.07, 6.45) is 2.99. The molecule has 7 heteroatoms. The molecule has 3 heterocycles. The summed E-state index contributed by atoms with van der Waals surface area (Å²) in [4.78, 5) is 11.2. The van der Waals surface area contributed by atoms with Gasteiger partial charge in [-0.1, -0.05) is 0 Å². The van der Waals surface area contributed by atoms with Crippen molar-refractivity contribution in [2.45, 2.75) is 32.4 Å². The number of fused-ring (bicyclic) bond motifs is 1. The predicted molar refractivity (Wildman–Crippen MR) is 78.1 cm³/mol. The van der Waals surface area contributed by atoms with Gasteiger partial charge in [0.05, 0.1) is 23.7 Å². The SMILES string of the molecule is CCNc1nc(N(C)C2CCOC2C)c2cn[nH]c2n1. The first-order valence-corrected chi connectivity index (χ1v) is 7.00. The van der Waals surface area contributed by atoms with Crippen LogP contribution in [0.25, 0.3) is 11.0 Å². The van der Waals surface area contributed by atoms with Gasteiger partial charge in [-0.15, -0.1) is 0 Å². The summed E-state index contributed by atoms with van der Waals surface area (Å²) in [5.74, 6) is 1.51. The van der Waals surface area contributed by atoms with Crippen LogP contribution in [0.2, 0.25) is 0 Å². The summed E-state index contributed by atoms with van der Waals surface area (Å²) in [5, 5.41) is 11.1. The number of aromatic nitrogens is 4. The number of rotatable bonds is 4. The first-order chi connectivity index (χ1) is 9.70. The highest BCUT2D eigenvalue weighted by Crippen LogP contribution is 2.28. The van der Waals surface area contributed by atoms with Gasteiger partial charge in [-0.05, 0) is 20.3 Å². The number of likely N-dealkylation sites (N-methyl/N-ethyl adjacent to an activating group) is 1. The Kier molecular flexibility index (Phi) is 3.43. The van der Waals surface area contributed by atoms with Gasteiger partial charge >= 0.3 is 0 Å². The third kappa shape index (κ3) is 2.18. The number of ether oxygens (including phenoxy) is 1. The molecule has 7 nitrogen and oxygen atoms in total. The Morgan fingerprint density at radius 1 is 1.50 bits per heavy atom. The van der Waals surface area contributed by atoms with E-state index in [1.54, 1.807) is 6.20 Å². The summed E-state index contributed by atoms with van der Waals surface area (Å²) in [6, 6.07) is 0.331. The highest BCUT2D eigenvalue weighted by molar-refractivity contribution is 5.87. The Balaban J connectivity index is 2.02. The van der Waals surface area contributed by atoms with Gasteiger partial charge in [-0.3, -0.25) is 5.10 Å². The maximum absolute atomic E-state index is 5.66. The predicted octanol–water partition coefficient (Wildman–Crippen LogP) is 1.40. The second-order valence-corrected chi connectivity index (χ2v) is 5.08. The van der Waals surface area contributed by atoms with E-state index in [-0.39, 0.29) is 6.10 Å². The molecular weight excluding hydrogens is 256 g/mol. The van der Waals surface area contributed by atoms with Crippen LogP contribution in [0.4, 0.5) is 11.8 Å². The van der Waals surface area contributed by atoms with E-state index >= 15 is 0 Å². The molecule has 108 valence electrons. The molecular formula is C13H20N6O. The molecule has 1 saturated heterocycles. The van der Waals surface area contributed by atoms with Gasteiger partial charge in [0.1, 0.15) is 5.82 Å². The lowest BCUT2D eigenvalue weighted by atomic mass is 10.1. The quantitative estimate of drug-likeness (QED) is 0.878. The second-order valence-electron chi connectivity index (χ2n) is 5.08. The number of nitrogens with one attached hydrogen (secondary N) is 2. The summed E-state index contributed by atoms with van der Waals surface area (Å²) >= 11 is 0. The maximum atomic E-state index is 5.66. The molecule has 2 N–H and O–H groups in total. The molecule has 0 aromatic carbocycles. The summed E-state index contributed by atoms with van der Waals surface area (Å²) in [7, 11) is 2.06. The minimum atomic E-state index is 0.208. The normalized spacial score (nSPS) is 22.4. The van der Waals surface area contributed by atoms with E-state index < -0.39 is 0 Å². The highest BCUT2D eigenvalue weighted by Gasteiger charge is 2.30. The first kappa shape index (κ1) is 13.1. The molecule has 0 bridgehead atoms. The van der Waals surface area contributed by atoms with E-state index in [1.165, 1.54) is 0 Å². The molecule has 0 saturated carbocycles. The molecule has 0 amide bonds. The van der Waals surface area contributed by atoms with E-state index in [4.69, 9.17) is 4.74 Å². The van der Waals surface area contributed by atoms with Gasteiger partial charge in [0.25, 0.3) is 0 Å². The van der Waals surface area contributed by atoms with Crippen molar-refractivity contribution in [2.24, 2.45) is 0 Å². The van der Waals surface area contributed by atoms with Gasteiger partial charge in [-0.25, -0.2) is 0 Å². The second kappa shape index (κ2) is 5.24. The molecule has 1 aliphatic rings. The smallest absolute Gasteiger partial charge is 0.226 e. The van der Waals surface area contributed by atoms with Crippen LogP contribution >= 0.6 is 0 Å². The van der Waals surface area contributed by atoms with Crippen molar-refractivity contribution < 1.29 is 4.74 Å². The average molecular weight is 276 g/mol. The van der Waals surface area contributed by atoms with Crippen LogP contribution in [0, 0.1) is 0 Å². The number of hydrogen-bond donors (Lipinski definition) is 2. The fourth-order valence-corrected chi connectivity index (χ4v) is 2.71. The minimum absolute atomic E-state index is 0.208. The van der Waals surface area contributed by atoms with Gasteiger partial charge in [0.15, 0.2) is 5.65 Å². The summed E-state index contributed by atoms with van der Waals surface area (Å²) in [5.41, 5.74) is 0.754. The van der Waals surface area contributed by atoms with Crippen molar-refractivity contribution in [1.82, 2.24) is 20.2 Å². The summed E-state index contributed by atoms with van der Waals surface area (Å²) in [6.45, 7) is 5.71. The van der Waals surface area contributed by atoms with Crippen molar-refractivity contribution in [3.63, 3.8) is 0 Å². The van der Waals surface area contributed by atoms with Crippen molar-refractivity contribution in [3.8, 4) is 0 Å². The fourth-order valence-electron chi connectivity index (χ4n) is 2.71. The third-order valence-corrected chi connectivity index (χ3v) is 3.79. The Morgan fingerprint density at radius 2 is 2.35 bits per heavy atom. The van der Waals surface area contributed by atoms with Gasteiger partial charge in [0.2, 0.25) is 5.95 Å². The van der Waals surface area contributed by atoms with Crippen LogP contribution in [0.3, 0.4) is 0 Å². The van der Waals surface area contributed by atoms with E-state index in [0.717, 1.165) is 36.4 Å². The highest BCUT2D eigenvalue weighted by atomic mass is 16.5. The average Bonchev–Trinajstić information content (AvgIpc) is 3.05. The molecule has 0 spiro atoms. The lowest BCUT2D eigenvalue weighted by Gasteiger charge is -2.28. The summed E-state index contributed by atoms with van der Waals surface area (Å²) < 4.78 is 5.66. The van der Waals surface area contributed by atoms with Crippen molar-refractivity contribution in [1.29, 1.82) is 0 Å². The topological polar surface area (TPSA) is 79.0 Å². The lowest BCUT2D eigenvalue weighted by molar-refractivity contribution is 0.118. The molecule has 0 radical (unpaired) electrons. The van der Waals surface area contributed by atoms with E-state index in [1.807, 2.05) is 6.92 Å². The van der Waals surface area contributed by atoms with Crippen molar-refractivity contribution in [2.75, 3.05) is 30.4 Å².